The second-order valence-electron chi connectivity index (χ2n) is 7.47. The van der Waals surface area contributed by atoms with E-state index in [0.717, 1.165) is 17.6 Å². The van der Waals surface area contributed by atoms with Gasteiger partial charge in [0.05, 0.1) is 0 Å². The first-order chi connectivity index (χ1) is 16.5. The Hall–Kier alpha value is -2.93. The van der Waals surface area contributed by atoms with Crippen LogP contribution in [-0.4, -0.2) is 38.2 Å². The molecule has 0 spiro atoms. The molecule has 3 rings (SSSR count). The van der Waals surface area contributed by atoms with Gasteiger partial charge in [-0.3, -0.25) is 4.79 Å². The van der Waals surface area contributed by atoms with Crippen LogP contribution in [0.4, 0.5) is 0 Å². The van der Waals surface area contributed by atoms with Crippen LogP contribution in [0.2, 0.25) is 0 Å². The number of allylic oxidation sites excluding steroid dienone is 6. The summed E-state index contributed by atoms with van der Waals surface area (Å²) in [7, 11) is 3.68. The van der Waals surface area contributed by atoms with Crippen molar-refractivity contribution in [2.24, 2.45) is 5.73 Å². The Morgan fingerprint density at radius 2 is 1.76 bits per heavy atom. The monoisotopic (exact) mass is 468 g/mol. The molecule has 188 valence electrons. The highest BCUT2D eigenvalue weighted by Crippen LogP contribution is 2.19. The van der Waals surface area contributed by atoms with Gasteiger partial charge in [0.1, 0.15) is 6.29 Å². The number of hydroxylamine groups is 1. The highest BCUT2D eigenvalue weighted by molar-refractivity contribution is 5.78. The molecule has 0 saturated carbocycles. The predicted molar refractivity (Wildman–Crippen MR) is 145 cm³/mol. The summed E-state index contributed by atoms with van der Waals surface area (Å²) < 4.78 is 0. The van der Waals surface area contributed by atoms with Gasteiger partial charge in [0.2, 0.25) is 0 Å². The molecule has 0 heterocycles. The van der Waals surface area contributed by atoms with Gasteiger partial charge in [-0.25, -0.2) is 5.48 Å². The van der Waals surface area contributed by atoms with Gasteiger partial charge in [-0.05, 0) is 61.1 Å². The number of benzene rings is 1. The van der Waals surface area contributed by atoms with Crippen LogP contribution in [0.15, 0.2) is 84.3 Å². The second-order valence-corrected chi connectivity index (χ2v) is 7.47. The Morgan fingerprint density at radius 3 is 2.26 bits per heavy atom. The van der Waals surface area contributed by atoms with Crippen LogP contribution in [0.3, 0.4) is 0 Å². The molecule has 1 unspecified atom stereocenters. The quantitative estimate of drug-likeness (QED) is 0.232. The highest BCUT2D eigenvalue weighted by Gasteiger charge is 2.08. The van der Waals surface area contributed by atoms with Crippen molar-refractivity contribution in [1.29, 1.82) is 0 Å². The van der Waals surface area contributed by atoms with Gasteiger partial charge >= 0.3 is 0 Å². The maximum absolute atomic E-state index is 10.5. The maximum Gasteiger partial charge on any atom is 0.150 e. The molecule has 0 aliphatic heterocycles. The number of carbonyl (C=O) groups excluding carboxylic acids is 1. The standard InChI is InChI=1S/C10H14N2O2.C10H12.C6H12N2.C2H6/c11-10(6-12-14)9-3-1-2-8(7-13)4-5-9;1-2-6-10-8-4-3-7-9(10)5-1;1-6(8-3)4-5-7-2;1-2/h1-2,4-5,7,10,12,14H,3,6,11H2;1-2,5-6H,3-4,7-8H2;4-5,7-8H,1H2,2-3H3;1-2H3/b;;5-4-;. The predicted octanol–water partition coefficient (Wildman–Crippen LogP) is 4.35. The van der Waals surface area contributed by atoms with Gasteiger partial charge in [0.15, 0.2) is 0 Å². The molecule has 2 aliphatic carbocycles. The fourth-order valence-corrected chi connectivity index (χ4v) is 3.18. The van der Waals surface area contributed by atoms with Crippen LogP contribution >= 0.6 is 0 Å². The van der Waals surface area contributed by atoms with Crippen molar-refractivity contribution >= 4 is 6.29 Å². The first-order valence-corrected chi connectivity index (χ1v) is 12.0. The van der Waals surface area contributed by atoms with E-state index in [1.54, 1.807) is 23.3 Å². The van der Waals surface area contributed by atoms with Crippen molar-refractivity contribution in [2.75, 3.05) is 20.6 Å². The summed E-state index contributed by atoms with van der Waals surface area (Å²) in [5, 5.41) is 14.2. The first kappa shape index (κ1) is 31.1. The van der Waals surface area contributed by atoms with E-state index < -0.39 is 0 Å². The molecule has 6 nitrogen and oxygen atoms in total. The number of hydrogen-bond donors (Lipinski definition) is 5. The van der Waals surface area contributed by atoms with Crippen LogP contribution in [0, 0.1) is 0 Å². The Bertz CT molecular complexity index is 800. The minimum Gasteiger partial charge on any atom is -0.394 e. The average Bonchev–Trinajstić information content (AvgIpc) is 3.15. The number of rotatable bonds is 7. The Balaban J connectivity index is 0.000000481. The summed E-state index contributed by atoms with van der Waals surface area (Å²) in [4.78, 5) is 10.5. The Kier molecular flexibility index (Phi) is 18.9. The van der Waals surface area contributed by atoms with E-state index in [-0.39, 0.29) is 6.04 Å². The van der Waals surface area contributed by atoms with Crippen LogP contribution in [0.25, 0.3) is 0 Å². The number of fused-ring (bicyclic) bond motifs is 1. The number of hydrogen-bond acceptors (Lipinski definition) is 6. The minimum absolute atomic E-state index is 0.230. The number of likely N-dealkylation sites (N-methyl/N-ethyl adjacent to an activating group) is 1. The minimum atomic E-state index is -0.230. The second kappa shape index (κ2) is 20.7. The van der Waals surface area contributed by atoms with E-state index in [2.05, 4.69) is 41.5 Å². The number of nitrogens with one attached hydrogen (secondary N) is 3. The van der Waals surface area contributed by atoms with Crippen LogP contribution in [-0.2, 0) is 17.6 Å². The number of aryl methyl sites for hydroxylation is 2. The molecule has 0 amide bonds. The van der Waals surface area contributed by atoms with Crippen molar-refractivity contribution in [3.63, 3.8) is 0 Å². The van der Waals surface area contributed by atoms with E-state index >= 15 is 0 Å². The van der Waals surface area contributed by atoms with Crippen molar-refractivity contribution < 1.29 is 10.0 Å². The third-order valence-electron chi connectivity index (χ3n) is 5.11. The summed E-state index contributed by atoms with van der Waals surface area (Å²) >= 11 is 0. The van der Waals surface area contributed by atoms with Gasteiger partial charge < -0.3 is 21.6 Å². The normalized spacial score (nSPS) is 14.6. The summed E-state index contributed by atoms with van der Waals surface area (Å²) in [6, 6.07) is 8.57. The van der Waals surface area contributed by atoms with Crippen molar-refractivity contribution in [1.82, 2.24) is 16.1 Å². The zero-order chi connectivity index (χ0) is 25.6. The summed E-state index contributed by atoms with van der Waals surface area (Å²) in [6.45, 7) is 7.98. The van der Waals surface area contributed by atoms with Crippen LogP contribution in [0.5, 0.6) is 0 Å². The zero-order valence-electron chi connectivity index (χ0n) is 21.3. The summed E-state index contributed by atoms with van der Waals surface area (Å²) in [5.41, 5.74) is 13.5. The van der Waals surface area contributed by atoms with E-state index in [9.17, 15) is 4.79 Å². The average molecular weight is 469 g/mol. The molecule has 0 radical (unpaired) electrons. The molecule has 0 saturated heterocycles. The lowest BCUT2D eigenvalue weighted by molar-refractivity contribution is -0.104. The topological polar surface area (TPSA) is 99.4 Å². The van der Waals surface area contributed by atoms with Crippen LogP contribution < -0.4 is 21.8 Å². The number of aldehydes is 1. The molecule has 1 aromatic carbocycles. The Morgan fingerprint density at radius 1 is 1.15 bits per heavy atom. The SMILES string of the molecule is C=C(/C=C\NC)NC.CC.NC(CNO)C1=CC=C(C=O)C=CC1.c1ccc2c(c1)CCCC2. The van der Waals surface area contributed by atoms with Crippen LogP contribution in [0.1, 0.15) is 44.2 Å². The van der Waals surface area contributed by atoms with Crippen molar-refractivity contribution in [2.45, 2.75) is 52.0 Å². The first-order valence-electron chi connectivity index (χ1n) is 12.0. The lowest BCUT2D eigenvalue weighted by Crippen LogP contribution is -2.33. The lowest BCUT2D eigenvalue weighted by atomic mass is 9.92. The summed E-state index contributed by atoms with van der Waals surface area (Å²) in [6.07, 6.45) is 17.8. The van der Waals surface area contributed by atoms with Crippen molar-refractivity contribution in [3.8, 4) is 0 Å². The number of carbonyl (C=O) groups is 1. The molecular weight excluding hydrogens is 424 g/mol. The maximum atomic E-state index is 10.5. The van der Waals surface area contributed by atoms with E-state index in [1.807, 2.05) is 57.9 Å². The van der Waals surface area contributed by atoms with Gasteiger partial charge in [-0.1, -0.05) is 69.0 Å². The smallest absolute Gasteiger partial charge is 0.150 e. The van der Waals surface area contributed by atoms with E-state index in [1.165, 1.54) is 25.7 Å². The van der Waals surface area contributed by atoms with Gasteiger partial charge in [-0.15, -0.1) is 0 Å². The third-order valence-corrected chi connectivity index (χ3v) is 5.11. The van der Waals surface area contributed by atoms with Gasteiger partial charge in [0.25, 0.3) is 0 Å². The molecule has 1 aromatic rings. The highest BCUT2D eigenvalue weighted by atomic mass is 16.5. The molecule has 0 bridgehead atoms. The molecule has 2 aliphatic rings. The number of nitrogens with two attached hydrogens (primary N) is 1. The van der Waals surface area contributed by atoms with E-state index in [0.29, 0.717) is 18.5 Å². The molecule has 1 atom stereocenters. The Labute approximate surface area is 206 Å². The van der Waals surface area contributed by atoms with Gasteiger partial charge in [-0.2, -0.15) is 0 Å². The molecular formula is C28H44N4O2. The molecule has 34 heavy (non-hydrogen) atoms. The van der Waals surface area contributed by atoms with Gasteiger partial charge in [0, 0.05) is 38.0 Å². The zero-order valence-corrected chi connectivity index (χ0v) is 21.3. The lowest BCUT2D eigenvalue weighted by Gasteiger charge is -2.13. The fourth-order valence-electron chi connectivity index (χ4n) is 3.18. The molecule has 0 fully saturated rings. The molecule has 6 N–H and O–H groups in total. The molecule has 6 heteroatoms. The summed E-state index contributed by atoms with van der Waals surface area (Å²) in [5.74, 6) is 0. The van der Waals surface area contributed by atoms with Crippen molar-refractivity contribution in [3.05, 3.63) is 95.4 Å². The molecule has 0 aromatic heterocycles. The van der Waals surface area contributed by atoms with E-state index in [4.69, 9.17) is 10.9 Å². The fraction of sp³-hybridized carbons (Fsp3) is 0.393. The largest absolute Gasteiger partial charge is 0.394 e. The third kappa shape index (κ3) is 13.6.